The lowest BCUT2D eigenvalue weighted by atomic mass is 10.2. The summed E-state index contributed by atoms with van der Waals surface area (Å²) in [7, 11) is 1.82. The summed E-state index contributed by atoms with van der Waals surface area (Å²) in [6.07, 6.45) is 4.40. The Hall–Kier alpha value is -1.86. The van der Waals surface area contributed by atoms with Gasteiger partial charge >= 0.3 is 0 Å². The van der Waals surface area contributed by atoms with Crippen molar-refractivity contribution >= 4 is 18.3 Å². The van der Waals surface area contributed by atoms with E-state index in [4.69, 9.17) is 4.42 Å². The molecule has 0 radical (unpaired) electrons. The van der Waals surface area contributed by atoms with Gasteiger partial charge in [0, 0.05) is 25.8 Å². The Morgan fingerprint density at radius 2 is 2.38 bits per heavy atom. The molecule has 0 bridgehead atoms. The third-order valence-electron chi connectivity index (χ3n) is 3.36. The summed E-state index contributed by atoms with van der Waals surface area (Å²) in [5.74, 6) is 0.757. The highest BCUT2D eigenvalue weighted by molar-refractivity contribution is 5.93. The first-order chi connectivity index (χ1) is 9.63. The summed E-state index contributed by atoms with van der Waals surface area (Å²) < 4.78 is 7.22. The van der Waals surface area contributed by atoms with E-state index in [1.807, 2.05) is 7.05 Å². The molecule has 1 saturated heterocycles. The van der Waals surface area contributed by atoms with E-state index in [0.717, 1.165) is 25.1 Å². The Kier molecular flexibility index (Phi) is 4.64. The van der Waals surface area contributed by atoms with E-state index in [1.54, 1.807) is 24.0 Å². The number of rotatable bonds is 3. The first-order valence-corrected chi connectivity index (χ1v) is 6.61. The van der Waals surface area contributed by atoms with Crippen LogP contribution < -0.4 is 10.6 Å². The molecule has 1 aliphatic heterocycles. The number of oxazole rings is 1. The number of hydrogen-bond acceptors (Lipinski definition) is 5. The van der Waals surface area contributed by atoms with Crippen molar-refractivity contribution in [2.45, 2.75) is 19.4 Å². The molecule has 1 amide bonds. The molecule has 0 saturated carbocycles. The molecule has 7 nitrogen and oxygen atoms in total. The van der Waals surface area contributed by atoms with Crippen LogP contribution in [0.5, 0.6) is 0 Å². The summed E-state index contributed by atoms with van der Waals surface area (Å²) in [6.45, 7) is 3.48. The molecule has 0 spiro atoms. The van der Waals surface area contributed by atoms with Crippen LogP contribution in [0.1, 0.15) is 22.7 Å². The van der Waals surface area contributed by atoms with Crippen molar-refractivity contribution in [2.75, 3.05) is 13.1 Å². The van der Waals surface area contributed by atoms with E-state index in [1.165, 1.54) is 0 Å². The zero-order valence-electron chi connectivity index (χ0n) is 11.9. The number of carbonyl (C=O) groups is 1. The minimum atomic E-state index is -0.185. The van der Waals surface area contributed by atoms with Gasteiger partial charge in [0.2, 0.25) is 5.89 Å². The van der Waals surface area contributed by atoms with Gasteiger partial charge in [-0.15, -0.1) is 12.4 Å². The second-order valence-electron chi connectivity index (χ2n) is 4.99. The summed E-state index contributed by atoms with van der Waals surface area (Å²) in [5, 5.41) is 10.2. The molecule has 2 aromatic heterocycles. The molecular weight excluding hydrogens is 294 g/mol. The molecule has 114 valence electrons. The lowest BCUT2D eigenvalue weighted by Crippen LogP contribution is -2.36. The quantitative estimate of drug-likeness (QED) is 0.879. The van der Waals surface area contributed by atoms with E-state index in [9.17, 15) is 4.79 Å². The van der Waals surface area contributed by atoms with Crippen LogP contribution >= 0.6 is 12.4 Å². The Morgan fingerprint density at radius 1 is 1.57 bits per heavy atom. The fourth-order valence-corrected chi connectivity index (χ4v) is 2.29. The molecule has 2 aromatic rings. The molecule has 8 heteroatoms. The smallest absolute Gasteiger partial charge is 0.273 e. The fraction of sp³-hybridized carbons (Fsp3) is 0.462. The summed E-state index contributed by atoms with van der Waals surface area (Å²) >= 11 is 0. The van der Waals surface area contributed by atoms with Crippen LogP contribution in [0.25, 0.3) is 11.5 Å². The Balaban J connectivity index is 0.00000161. The summed E-state index contributed by atoms with van der Waals surface area (Å²) in [4.78, 5) is 16.5. The number of nitrogens with one attached hydrogen (secondary N) is 2. The number of aromatic nitrogens is 3. The van der Waals surface area contributed by atoms with Crippen LogP contribution in [0, 0.1) is 6.92 Å². The number of aryl methyl sites for hydroxylation is 2. The van der Waals surface area contributed by atoms with E-state index in [0.29, 0.717) is 17.3 Å². The second-order valence-corrected chi connectivity index (χ2v) is 4.99. The van der Waals surface area contributed by atoms with Crippen LogP contribution in [0.3, 0.4) is 0 Å². The maximum absolute atomic E-state index is 12.2. The van der Waals surface area contributed by atoms with Gasteiger partial charge in [-0.3, -0.25) is 9.48 Å². The normalized spacial score (nSPS) is 17.5. The van der Waals surface area contributed by atoms with Gasteiger partial charge in [0.25, 0.3) is 5.91 Å². The molecule has 0 aromatic carbocycles. The molecule has 3 heterocycles. The third kappa shape index (κ3) is 3.25. The maximum atomic E-state index is 12.2. The van der Waals surface area contributed by atoms with Gasteiger partial charge in [0.15, 0.2) is 5.69 Å². The Labute approximate surface area is 128 Å². The third-order valence-corrected chi connectivity index (χ3v) is 3.36. The van der Waals surface area contributed by atoms with Gasteiger partial charge in [-0.1, -0.05) is 0 Å². The molecule has 1 aliphatic rings. The fourth-order valence-electron chi connectivity index (χ4n) is 2.29. The lowest BCUT2D eigenvalue weighted by Gasteiger charge is -2.09. The van der Waals surface area contributed by atoms with Crippen LogP contribution in [0.15, 0.2) is 16.8 Å². The zero-order chi connectivity index (χ0) is 14.1. The van der Waals surface area contributed by atoms with E-state index in [2.05, 4.69) is 20.7 Å². The average Bonchev–Trinajstić information content (AvgIpc) is 3.10. The van der Waals surface area contributed by atoms with Gasteiger partial charge < -0.3 is 15.1 Å². The molecule has 2 N–H and O–H groups in total. The average molecular weight is 312 g/mol. The van der Waals surface area contributed by atoms with Gasteiger partial charge in [-0.2, -0.15) is 5.10 Å². The van der Waals surface area contributed by atoms with E-state index in [-0.39, 0.29) is 24.4 Å². The van der Waals surface area contributed by atoms with Crippen molar-refractivity contribution in [3.63, 3.8) is 0 Å². The van der Waals surface area contributed by atoms with Gasteiger partial charge in [0.05, 0.1) is 11.8 Å². The van der Waals surface area contributed by atoms with Crippen LogP contribution in [0.2, 0.25) is 0 Å². The summed E-state index contributed by atoms with van der Waals surface area (Å²) in [6, 6.07) is 0.167. The lowest BCUT2D eigenvalue weighted by molar-refractivity contribution is 0.0934. The predicted octanol–water partition coefficient (Wildman–Crippen LogP) is 0.897. The van der Waals surface area contributed by atoms with E-state index < -0.39 is 0 Å². The number of carbonyl (C=O) groups excluding carboxylic acids is 1. The van der Waals surface area contributed by atoms with Crippen molar-refractivity contribution in [1.29, 1.82) is 0 Å². The Bertz CT molecular complexity index is 630. The highest BCUT2D eigenvalue weighted by atomic mass is 35.5. The van der Waals surface area contributed by atoms with Crippen LogP contribution in [0.4, 0.5) is 0 Å². The molecule has 21 heavy (non-hydrogen) atoms. The molecule has 1 atom stereocenters. The molecule has 3 rings (SSSR count). The minimum Gasteiger partial charge on any atom is -0.440 e. The summed E-state index contributed by atoms with van der Waals surface area (Å²) in [5.41, 5.74) is 1.10. The number of amides is 1. The molecule has 1 unspecified atom stereocenters. The van der Waals surface area contributed by atoms with Crippen LogP contribution in [-0.4, -0.2) is 39.8 Å². The molecular formula is C13H18ClN5O2. The van der Waals surface area contributed by atoms with Crippen molar-refractivity contribution in [2.24, 2.45) is 7.05 Å². The standard InChI is InChI=1S/C13H17N5O2.ClH/c1-8-11(12(19)16-10-3-4-14-6-10)17-13(20-8)9-5-15-18(2)7-9;/h5,7,10,14H,3-4,6H2,1-2H3,(H,16,19);1H. The maximum Gasteiger partial charge on any atom is 0.273 e. The first kappa shape index (κ1) is 15.5. The minimum absolute atomic E-state index is 0. The van der Waals surface area contributed by atoms with Crippen molar-refractivity contribution in [3.8, 4) is 11.5 Å². The monoisotopic (exact) mass is 311 g/mol. The molecule has 1 fully saturated rings. The highest BCUT2D eigenvalue weighted by Gasteiger charge is 2.22. The van der Waals surface area contributed by atoms with Gasteiger partial charge in [-0.25, -0.2) is 4.98 Å². The van der Waals surface area contributed by atoms with Crippen molar-refractivity contribution in [3.05, 3.63) is 23.8 Å². The molecule has 0 aliphatic carbocycles. The second kappa shape index (κ2) is 6.28. The van der Waals surface area contributed by atoms with Crippen LogP contribution in [-0.2, 0) is 7.05 Å². The topological polar surface area (TPSA) is 85.0 Å². The van der Waals surface area contributed by atoms with Gasteiger partial charge in [-0.05, 0) is 19.9 Å². The van der Waals surface area contributed by atoms with E-state index >= 15 is 0 Å². The SMILES string of the molecule is Cc1oc(-c2cnn(C)c2)nc1C(=O)NC1CCNC1.Cl. The van der Waals surface area contributed by atoms with Gasteiger partial charge in [0.1, 0.15) is 5.76 Å². The zero-order valence-corrected chi connectivity index (χ0v) is 12.7. The van der Waals surface area contributed by atoms with Crippen molar-refractivity contribution < 1.29 is 9.21 Å². The number of hydrogen-bond donors (Lipinski definition) is 2. The number of halogens is 1. The Morgan fingerprint density at radius 3 is 3.00 bits per heavy atom. The number of nitrogens with zero attached hydrogens (tertiary/aromatic N) is 3. The predicted molar refractivity (Wildman–Crippen MR) is 79.4 cm³/mol. The highest BCUT2D eigenvalue weighted by Crippen LogP contribution is 2.21. The largest absolute Gasteiger partial charge is 0.440 e. The van der Waals surface area contributed by atoms with Crippen molar-refractivity contribution in [1.82, 2.24) is 25.4 Å². The first-order valence-electron chi connectivity index (χ1n) is 6.61.